The van der Waals surface area contributed by atoms with E-state index in [2.05, 4.69) is 14.7 Å². The predicted octanol–water partition coefficient (Wildman–Crippen LogP) is 3.29. The lowest BCUT2D eigenvalue weighted by Crippen LogP contribution is -2.34. The molecule has 0 aliphatic carbocycles. The van der Waals surface area contributed by atoms with Crippen LogP contribution < -0.4 is 21.0 Å². The van der Waals surface area contributed by atoms with Gasteiger partial charge in [0.2, 0.25) is 0 Å². The third kappa shape index (κ3) is 4.47. The number of nitrogens with one attached hydrogen (secondary N) is 1. The van der Waals surface area contributed by atoms with Gasteiger partial charge in [0.15, 0.2) is 17.4 Å². The monoisotopic (exact) mass is 430 g/mol. The van der Waals surface area contributed by atoms with Gasteiger partial charge in [0.05, 0.1) is 12.0 Å². The first-order valence-corrected chi connectivity index (χ1v) is 10.1. The first kappa shape index (κ1) is 22.1. The molecular formula is C21H26N4O6. The van der Waals surface area contributed by atoms with Crippen LogP contribution in [0.2, 0.25) is 0 Å². The maximum atomic E-state index is 13.3. The maximum absolute atomic E-state index is 13.3. The van der Waals surface area contributed by atoms with Gasteiger partial charge in [0.25, 0.3) is 5.56 Å². The number of benzene rings is 1. The van der Waals surface area contributed by atoms with Gasteiger partial charge in [0.1, 0.15) is 0 Å². The molecule has 2 aromatic heterocycles. The number of carboxylic acid groups (broad SMARTS) is 1. The highest BCUT2D eigenvalue weighted by atomic mass is 16.5. The molecule has 0 radical (unpaired) electrons. The highest BCUT2D eigenvalue weighted by Crippen LogP contribution is 2.36. The summed E-state index contributed by atoms with van der Waals surface area (Å²) in [6.07, 6.45) is 0.435. The van der Waals surface area contributed by atoms with Gasteiger partial charge in [0, 0.05) is 24.5 Å². The number of unbranched alkanes of at least 4 members (excludes halogenated alkanes) is 1. The van der Waals surface area contributed by atoms with Crippen LogP contribution in [0.4, 0.5) is 10.6 Å². The molecule has 2 heterocycles. The molecule has 31 heavy (non-hydrogen) atoms. The van der Waals surface area contributed by atoms with E-state index in [-0.39, 0.29) is 23.1 Å². The Labute approximate surface area is 178 Å². The summed E-state index contributed by atoms with van der Waals surface area (Å²) in [5, 5.41) is 14.2. The average Bonchev–Trinajstić information content (AvgIpc) is 3.16. The van der Waals surface area contributed by atoms with Crippen molar-refractivity contribution in [3.8, 4) is 17.1 Å². The quantitative estimate of drug-likeness (QED) is 0.524. The molecule has 0 saturated heterocycles. The molecule has 3 aromatic rings. The van der Waals surface area contributed by atoms with E-state index in [1.807, 2.05) is 20.8 Å². The van der Waals surface area contributed by atoms with Gasteiger partial charge in [-0.15, -0.1) is 0 Å². The SMILES string of the molecule is CCCCOc1c(N(C)C(=O)O)n(CC(C)C)c(=O)c2ccc(-c3noc(=O)[nH]3)cc12. The summed E-state index contributed by atoms with van der Waals surface area (Å²) in [5.74, 6) is 0.0556. The van der Waals surface area contributed by atoms with Gasteiger partial charge in [-0.2, -0.15) is 0 Å². The number of hydrogen-bond donors (Lipinski definition) is 2. The zero-order chi connectivity index (χ0) is 22.7. The largest absolute Gasteiger partial charge is 0.489 e. The summed E-state index contributed by atoms with van der Waals surface area (Å²) < 4.78 is 12.1. The van der Waals surface area contributed by atoms with Gasteiger partial charge in [-0.3, -0.25) is 23.8 Å². The lowest BCUT2D eigenvalue weighted by Gasteiger charge is -2.25. The lowest BCUT2D eigenvalue weighted by molar-refractivity contribution is 0.202. The number of pyridine rings is 1. The fourth-order valence-electron chi connectivity index (χ4n) is 3.32. The Morgan fingerprint density at radius 3 is 2.65 bits per heavy atom. The molecule has 0 aliphatic rings. The molecular weight excluding hydrogens is 404 g/mol. The highest BCUT2D eigenvalue weighted by Gasteiger charge is 2.25. The second-order valence-corrected chi connectivity index (χ2v) is 7.71. The second kappa shape index (κ2) is 9.07. The summed E-state index contributed by atoms with van der Waals surface area (Å²) in [7, 11) is 1.38. The van der Waals surface area contributed by atoms with Crippen molar-refractivity contribution in [3.63, 3.8) is 0 Å². The van der Waals surface area contributed by atoms with Crippen molar-refractivity contribution >= 4 is 22.7 Å². The van der Waals surface area contributed by atoms with Crippen LogP contribution in [0, 0.1) is 5.92 Å². The Morgan fingerprint density at radius 2 is 2.06 bits per heavy atom. The maximum Gasteiger partial charge on any atom is 0.439 e. The van der Waals surface area contributed by atoms with Crippen molar-refractivity contribution in [1.82, 2.24) is 14.7 Å². The van der Waals surface area contributed by atoms with Crippen molar-refractivity contribution in [2.24, 2.45) is 5.92 Å². The Kier molecular flexibility index (Phi) is 6.47. The first-order chi connectivity index (χ1) is 14.7. The molecule has 0 fully saturated rings. The number of aromatic nitrogens is 3. The van der Waals surface area contributed by atoms with E-state index < -0.39 is 11.8 Å². The molecule has 2 N–H and O–H groups in total. The van der Waals surface area contributed by atoms with Crippen LogP contribution in [0.15, 0.2) is 32.3 Å². The van der Waals surface area contributed by atoms with Crippen molar-refractivity contribution in [1.29, 1.82) is 0 Å². The number of hydrogen-bond acceptors (Lipinski definition) is 6. The van der Waals surface area contributed by atoms with E-state index in [0.717, 1.165) is 17.7 Å². The molecule has 0 unspecified atom stereocenters. The molecule has 0 spiro atoms. The highest BCUT2D eigenvalue weighted by molar-refractivity contribution is 5.98. The van der Waals surface area contributed by atoms with Crippen molar-refractivity contribution in [2.45, 2.75) is 40.2 Å². The normalized spacial score (nSPS) is 11.3. The number of carbonyl (C=O) groups is 1. The smallest absolute Gasteiger partial charge is 0.439 e. The van der Waals surface area contributed by atoms with Crippen LogP contribution in [0.25, 0.3) is 22.2 Å². The molecule has 10 heteroatoms. The van der Waals surface area contributed by atoms with E-state index in [1.54, 1.807) is 18.2 Å². The summed E-state index contributed by atoms with van der Waals surface area (Å²) >= 11 is 0. The minimum Gasteiger partial charge on any atom is -0.489 e. The summed E-state index contributed by atoms with van der Waals surface area (Å²) in [4.78, 5) is 40.0. The summed E-state index contributed by atoms with van der Waals surface area (Å²) in [6.45, 7) is 6.59. The predicted molar refractivity (Wildman–Crippen MR) is 116 cm³/mol. The lowest BCUT2D eigenvalue weighted by atomic mass is 10.1. The molecule has 1 amide bonds. The molecule has 0 bridgehead atoms. The molecule has 1 aromatic carbocycles. The third-order valence-electron chi connectivity index (χ3n) is 4.81. The first-order valence-electron chi connectivity index (χ1n) is 10.1. The molecule has 0 saturated carbocycles. The van der Waals surface area contributed by atoms with Gasteiger partial charge in [-0.05, 0) is 24.5 Å². The van der Waals surface area contributed by atoms with E-state index in [9.17, 15) is 19.5 Å². The zero-order valence-electron chi connectivity index (χ0n) is 18.0. The third-order valence-corrected chi connectivity index (χ3v) is 4.81. The average molecular weight is 430 g/mol. The number of rotatable bonds is 8. The van der Waals surface area contributed by atoms with Crippen LogP contribution in [0.3, 0.4) is 0 Å². The van der Waals surface area contributed by atoms with Crippen LogP contribution in [-0.4, -0.2) is 39.6 Å². The number of nitrogens with zero attached hydrogens (tertiary/aromatic N) is 3. The van der Waals surface area contributed by atoms with Gasteiger partial charge in [-0.25, -0.2) is 9.59 Å². The Balaban J connectivity index is 2.36. The Hall–Kier alpha value is -3.56. The minimum atomic E-state index is -1.21. The number of anilines is 1. The number of ether oxygens (including phenoxy) is 1. The minimum absolute atomic E-state index is 0.0964. The van der Waals surface area contributed by atoms with Crippen LogP contribution in [0.1, 0.15) is 33.6 Å². The second-order valence-electron chi connectivity index (χ2n) is 7.71. The molecule has 166 valence electrons. The van der Waals surface area contributed by atoms with Crippen LogP contribution in [-0.2, 0) is 6.54 Å². The fourth-order valence-corrected chi connectivity index (χ4v) is 3.32. The topological polar surface area (TPSA) is 131 Å². The fraction of sp³-hybridized carbons (Fsp3) is 0.429. The Morgan fingerprint density at radius 1 is 1.32 bits per heavy atom. The van der Waals surface area contributed by atoms with Crippen LogP contribution in [0.5, 0.6) is 5.75 Å². The molecule has 0 atom stereocenters. The molecule has 0 aliphatic heterocycles. The van der Waals surface area contributed by atoms with E-state index in [0.29, 0.717) is 35.2 Å². The van der Waals surface area contributed by atoms with E-state index >= 15 is 0 Å². The van der Waals surface area contributed by atoms with Gasteiger partial charge < -0.3 is 9.84 Å². The van der Waals surface area contributed by atoms with E-state index in [4.69, 9.17) is 4.74 Å². The van der Waals surface area contributed by atoms with Gasteiger partial charge >= 0.3 is 11.8 Å². The van der Waals surface area contributed by atoms with Crippen molar-refractivity contribution < 1.29 is 19.2 Å². The number of fused-ring (bicyclic) bond motifs is 1. The summed E-state index contributed by atoms with van der Waals surface area (Å²) in [6, 6.07) is 4.91. The van der Waals surface area contributed by atoms with Crippen molar-refractivity contribution in [3.05, 3.63) is 39.1 Å². The number of amides is 1. The number of H-pyrrole nitrogens is 1. The van der Waals surface area contributed by atoms with Crippen molar-refractivity contribution in [2.75, 3.05) is 18.6 Å². The zero-order valence-corrected chi connectivity index (χ0v) is 18.0. The number of aromatic amines is 1. The summed E-state index contributed by atoms with van der Waals surface area (Å²) in [5.41, 5.74) is 0.179. The molecule has 3 rings (SSSR count). The van der Waals surface area contributed by atoms with Crippen LogP contribution >= 0.6 is 0 Å². The Bertz CT molecular complexity index is 1210. The van der Waals surface area contributed by atoms with Gasteiger partial charge in [-0.1, -0.05) is 38.4 Å². The standard InChI is InChI=1S/C21H26N4O6/c1-5-6-9-30-16-15-10-13(17-22-20(27)31-23-17)7-8-14(15)19(26)25(11-12(2)3)18(16)24(4)21(28)29/h7-8,10,12H,5-6,9,11H2,1-4H3,(H,28,29)(H,22,23,27). The molecule has 10 nitrogen and oxygen atoms in total. The van der Waals surface area contributed by atoms with E-state index in [1.165, 1.54) is 11.6 Å².